The maximum absolute atomic E-state index is 12.3. The molecule has 0 saturated heterocycles. The van der Waals surface area contributed by atoms with Gasteiger partial charge in [0.15, 0.2) is 0 Å². The van der Waals surface area contributed by atoms with Crippen molar-refractivity contribution in [2.45, 2.75) is 32.7 Å². The number of rotatable bonds is 4. The summed E-state index contributed by atoms with van der Waals surface area (Å²) in [7, 11) is 0. The third-order valence-electron chi connectivity index (χ3n) is 3.83. The Morgan fingerprint density at radius 2 is 2.05 bits per heavy atom. The van der Waals surface area contributed by atoms with Crippen LogP contribution in [0.4, 0.5) is 0 Å². The second-order valence-corrected chi connectivity index (χ2v) is 7.25. The zero-order chi connectivity index (χ0) is 14.9. The Labute approximate surface area is 127 Å². The van der Waals surface area contributed by atoms with Crippen LogP contribution in [0, 0.1) is 17.8 Å². The minimum atomic E-state index is -0.874. The lowest BCUT2D eigenvalue weighted by molar-refractivity contribution is -0.146. The van der Waals surface area contributed by atoms with Crippen molar-refractivity contribution in [3.8, 4) is 0 Å². The lowest BCUT2D eigenvalue weighted by atomic mass is 9.95. The third kappa shape index (κ3) is 3.33. The normalized spacial score (nSPS) is 27.2. The lowest BCUT2D eigenvalue weighted by Crippen LogP contribution is -2.36. The number of carboxylic acids is 1. The monoisotopic (exact) mass is 315 g/mol. The van der Waals surface area contributed by atoms with Gasteiger partial charge in [-0.15, -0.1) is 11.3 Å². The maximum atomic E-state index is 12.3. The largest absolute Gasteiger partial charge is 0.481 e. The molecule has 2 rings (SSSR count). The summed E-state index contributed by atoms with van der Waals surface area (Å²) in [5.74, 6) is -1.76. The molecule has 0 aromatic carbocycles. The van der Waals surface area contributed by atoms with Gasteiger partial charge >= 0.3 is 5.97 Å². The Morgan fingerprint density at radius 1 is 1.40 bits per heavy atom. The molecule has 0 bridgehead atoms. The van der Waals surface area contributed by atoms with E-state index in [0.29, 0.717) is 17.2 Å². The van der Waals surface area contributed by atoms with Gasteiger partial charge < -0.3 is 10.4 Å². The van der Waals surface area contributed by atoms with Crippen molar-refractivity contribution in [3.05, 3.63) is 21.3 Å². The van der Waals surface area contributed by atoms with Crippen LogP contribution in [0.25, 0.3) is 0 Å². The molecule has 0 radical (unpaired) electrons. The third-order valence-corrected chi connectivity index (χ3v) is 5.25. The second-order valence-electron chi connectivity index (χ2n) is 5.50. The van der Waals surface area contributed by atoms with Gasteiger partial charge in [-0.2, -0.15) is 0 Å². The first-order valence-electron chi connectivity index (χ1n) is 6.67. The minimum absolute atomic E-state index is 0.148. The lowest BCUT2D eigenvalue weighted by Gasteiger charge is -2.19. The molecule has 1 aliphatic carbocycles. The summed E-state index contributed by atoms with van der Waals surface area (Å²) in [4.78, 5) is 24.5. The highest BCUT2D eigenvalue weighted by atomic mass is 35.5. The van der Waals surface area contributed by atoms with Crippen LogP contribution in [0.1, 0.15) is 37.6 Å². The standard InChI is InChI=1S/C14H18ClNO3S/c1-7-5-9(10(6-7)14(18)19)13(17)16-8(2)11-3-4-12(15)20-11/h3-4,7-10H,5-6H2,1-2H3,(H,16,17)(H,18,19)/t7?,8?,9-,10+/m0/s1. The van der Waals surface area contributed by atoms with Crippen LogP contribution in [0.5, 0.6) is 0 Å². The van der Waals surface area contributed by atoms with Gasteiger partial charge in [0, 0.05) is 4.88 Å². The first kappa shape index (κ1) is 15.3. The number of aliphatic carboxylic acids is 1. The molecular weight excluding hydrogens is 298 g/mol. The van der Waals surface area contributed by atoms with Gasteiger partial charge in [0.2, 0.25) is 5.91 Å². The van der Waals surface area contributed by atoms with Crippen molar-refractivity contribution in [1.82, 2.24) is 5.32 Å². The number of carbonyl (C=O) groups excluding carboxylic acids is 1. The average Bonchev–Trinajstić information content (AvgIpc) is 2.95. The van der Waals surface area contributed by atoms with Crippen molar-refractivity contribution in [2.75, 3.05) is 0 Å². The minimum Gasteiger partial charge on any atom is -0.481 e. The highest BCUT2D eigenvalue weighted by Crippen LogP contribution is 2.37. The molecule has 1 aromatic heterocycles. The molecule has 1 fully saturated rings. The maximum Gasteiger partial charge on any atom is 0.307 e. The number of carboxylic acid groups (broad SMARTS) is 1. The first-order chi connectivity index (χ1) is 9.38. The molecule has 110 valence electrons. The van der Waals surface area contributed by atoms with Gasteiger partial charge in [-0.3, -0.25) is 9.59 Å². The molecule has 0 aliphatic heterocycles. The van der Waals surface area contributed by atoms with Crippen LogP contribution in [-0.4, -0.2) is 17.0 Å². The Bertz CT molecular complexity index is 516. The van der Waals surface area contributed by atoms with Crippen molar-refractivity contribution in [3.63, 3.8) is 0 Å². The zero-order valence-corrected chi connectivity index (χ0v) is 13.0. The Morgan fingerprint density at radius 3 is 2.60 bits per heavy atom. The van der Waals surface area contributed by atoms with E-state index >= 15 is 0 Å². The summed E-state index contributed by atoms with van der Waals surface area (Å²) in [5.41, 5.74) is 0. The molecule has 0 spiro atoms. The Kier molecular flexibility index (Phi) is 4.70. The summed E-state index contributed by atoms with van der Waals surface area (Å²) < 4.78 is 0.680. The number of thiophene rings is 1. The molecule has 4 atom stereocenters. The summed E-state index contributed by atoms with van der Waals surface area (Å²) in [6.07, 6.45) is 1.22. The molecular formula is C14H18ClNO3S. The summed E-state index contributed by atoms with van der Waals surface area (Å²) in [6, 6.07) is 3.52. The van der Waals surface area contributed by atoms with Gasteiger partial charge in [-0.05, 0) is 37.8 Å². The number of carbonyl (C=O) groups is 2. The fourth-order valence-corrected chi connectivity index (χ4v) is 3.87. The van der Waals surface area contributed by atoms with E-state index in [1.807, 2.05) is 19.9 Å². The van der Waals surface area contributed by atoms with E-state index in [1.54, 1.807) is 6.07 Å². The van der Waals surface area contributed by atoms with E-state index in [-0.39, 0.29) is 17.9 Å². The number of amides is 1. The van der Waals surface area contributed by atoms with Crippen molar-refractivity contribution in [1.29, 1.82) is 0 Å². The number of nitrogens with one attached hydrogen (secondary N) is 1. The van der Waals surface area contributed by atoms with E-state index in [2.05, 4.69) is 5.32 Å². The van der Waals surface area contributed by atoms with Gasteiger partial charge in [0.25, 0.3) is 0 Å². The Balaban J connectivity index is 2.02. The molecule has 1 aliphatic rings. The molecule has 4 nitrogen and oxygen atoms in total. The van der Waals surface area contributed by atoms with Gasteiger partial charge in [-0.1, -0.05) is 18.5 Å². The summed E-state index contributed by atoms with van der Waals surface area (Å²) >= 11 is 7.30. The molecule has 6 heteroatoms. The molecule has 2 unspecified atom stereocenters. The van der Waals surface area contributed by atoms with Crippen LogP contribution < -0.4 is 5.32 Å². The molecule has 1 heterocycles. The molecule has 20 heavy (non-hydrogen) atoms. The topological polar surface area (TPSA) is 66.4 Å². The Hall–Kier alpha value is -1.07. The highest BCUT2D eigenvalue weighted by Gasteiger charge is 2.41. The van der Waals surface area contributed by atoms with Crippen molar-refractivity contribution < 1.29 is 14.7 Å². The SMILES string of the molecule is CC1C[C@H](C(=O)NC(C)c2ccc(Cl)s2)[C@H](C(=O)O)C1. The predicted molar refractivity (Wildman–Crippen MR) is 78.9 cm³/mol. The summed E-state index contributed by atoms with van der Waals surface area (Å²) in [5, 5.41) is 12.1. The number of halogens is 1. The van der Waals surface area contributed by atoms with E-state index in [1.165, 1.54) is 11.3 Å². The van der Waals surface area contributed by atoms with E-state index in [0.717, 1.165) is 4.88 Å². The fraction of sp³-hybridized carbons (Fsp3) is 0.571. The molecule has 1 saturated carbocycles. The van der Waals surface area contributed by atoms with Gasteiger partial charge in [0.1, 0.15) is 0 Å². The smallest absolute Gasteiger partial charge is 0.307 e. The van der Waals surface area contributed by atoms with E-state index < -0.39 is 17.8 Å². The fourth-order valence-electron chi connectivity index (χ4n) is 2.81. The zero-order valence-electron chi connectivity index (χ0n) is 11.4. The predicted octanol–water partition coefficient (Wildman–Crippen LogP) is 3.33. The van der Waals surface area contributed by atoms with Crippen molar-refractivity contribution in [2.24, 2.45) is 17.8 Å². The van der Waals surface area contributed by atoms with Crippen molar-refractivity contribution >= 4 is 34.8 Å². The second kappa shape index (κ2) is 6.14. The molecule has 1 amide bonds. The van der Waals surface area contributed by atoms with Gasteiger partial charge in [0.05, 0.1) is 22.2 Å². The molecule has 2 N–H and O–H groups in total. The van der Waals surface area contributed by atoms with Crippen LogP contribution in [-0.2, 0) is 9.59 Å². The first-order valence-corrected chi connectivity index (χ1v) is 7.86. The quantitative estimate of drug-likeness (QED) is 0.895. The van der Waals surface area contributed by atoms with E-state index in [4.69, 9.17) is 11.6 Å². The average molecular weight is 316 g/mol. The van der Waals surface area contributed by atoms with Crippen LogP contribution in [0.15, 0.2) is 12.1 Å². The van der Waals surface area contributed by atoms with Crippen LogP contribution in [0.2, 0.25) is 4.34 Å². The van der Waals surface area contributed by atoms with Crippen LogP contribution >= 0.6 is 22.9 Å². The van der Waals surface area contributed by atoms with E-state index in [9.17, 15) is 14.7 Å². The number of hydrogen-bond donors (Lipinski definition) is 2. The number of hydrogen-bond acceptors (Lipinski definition) is 3. The van der Waals surface area contributed by atoms with Gasteiger partial charge in [-0.25, -0.2) is 0 Å². The van der Waals surface area contributed by atoms with Crippen LogP contribution in [0.3, 0.4) is 0 Å². The molecule has 1 aromatic rings. The summed E-state index contributed by atoms with van der Waals surface area (Å²) in [6.45, 7) is 3.87. The highest BCUT2D eigenvalue weighted by molar-refractivity contribution is 7.16.